The molecule has 0 aliphatic heterocycles. The van der Waals surface area contributed by atoms with Gasteiger partial charge in [-0.2, -0.15) is 5.26 Å². The fourth-order valence-corrected chi connectivity index (χ4v) is 1.90. The van der Waals surface area contributed by atoms with Crippen molar-refractivity contribution in [2.75, 3.05) is 18.6 Å². The third kappa shape index (κ3) is 10.6. The molecule has 0 radical (unpaired) electrons. The van der Waals surface area contributed by atoms with Crippen molar-refractivity contribution in [3.63, 3.8) is 0 Å². The van der Waals surface area contributed by atoms with E-state index < -0.39 is 40.1 Å². The molecule has 0 aromatic rings. The molecule has 0 spiro atoms. The minimum absolute atomic E-state index is 0.164. The van der Waals surface area contributed by atoms with Gasteiger partial charge in [-0.05, 0) is 27.2 Å². The highest BCUT2D eigenvalue weighted by Crippen LogP contribution is 2.08. The van der Waals surface area contributed by atoms with E-state index >= 15 is 0 Å². The molecule has 1 atom stereocenters. The summed E-state index contributed by atoms with van der Waals surface area (Å²) in [7, 11) is -3.31. The first-order chi connectivity index (χ1) is 9.44. The lowest BCUT2D eigenvalue weighted by Crippen LogP contribution is -2.45. The Balaban J connectivity index is 4.76. The average molecular weight is 320 g/mol. The zero-order valence-electron chi connectivity index (χ0n) is 12.5. The van der Waals surface area contributed by atoms with Gasteiger partial charge in [0.1, 0.15) is 27.5 Å². The van der Waals surface area contributed by atoms with Crippen molar-refractivity contribution in [2.45, 2.75) is 38.8 Å². The molecule has 8 nitrogen and oxygen atoms in total. The lowest BCUT2D eigenvalue weighted by molar-refractivity contribution is -0.144. The summed E-state index contributed by atoms with van der Waals surface area (Å²) >= 11 is 0. The number of nitriles is 1. The number of nitrogens with one attached hydrogen (secondary N) is 1. The number of nitrogens with zero attached hydrogens (tertiary/aromatic N) is 1. The maximum Gasteiger partial charge on any atom is 0.408 e. The minimum atomic E-state index is -3.31. The van der Waals surface area contributed by atoms with Gasteiger partial charge in [0.25, 0.3) is 0 Å². The van der Waals surface area contributed by atoms with Crippen LogP contribution >= 0.6 is 0 Å². The normalized spacial score (nSPS) is 12.9. The van der Waals surface area contributed by atoms with Gasteiger partial charge in [-0.3, -0.25) is 0 Å². The van der Waals surface area contributed by atoms with Crippen molar-refractivity contribution in [1.82, 2.24) is 5.32 Å². The highest BCUT2D eigenvalue weighted by Gasteiger charge is 2.26. The first-order valence-corrected chi connectivity index (χ1v) is 8.21. The predicted octanol–water partition coefficient (Wildman–Crippen LogP) is 0.381. The molecule has 1 amide bonds. The highest BCUT2D eigenvalue weighted by atomic mass is 32.2. The maximum atomic E-state index is 11.7. The van der Waals surface area contributed by atoms with Crippen LogP contribution in [-0.4, -0.2) is 50.7 Å². The van der Waals surface area contributed by atoms with Gasteiger partial charge in [0.05, 0.1) is 5.75 Å². The Morgan fingerprint density at radius 1 is 1.33 bits per heavy atom. The monoisotopic (exact) mass is 320 g/mol. The SMILES string of the molecule is CC(C)(C)OC(=O)N[C@@H](CCS(C)(=O)=O)C(=O)OCC#N. The van der Waals surface area contributed by atoms with Crippen LogP contribution in [0.15, 0.2) is 0 Å². The lowest BCUT2D eigenvalue weighted by atomic mass is 10.2. The van der Waals surface area contributed by atoms with E-state index in [1.165, 1.54) is 0 Å². The second kappa shape index (κ2) is 7.83. The van der Waals surface area contributed by atoms with Crippen molar-refractivity contribution in [1.29, 1.82) is 5.26 Å². The van der Waals surface area contributed by atoms with Gasteiger partial charge in [0.15, 0.2) is 6.61 Å². The van der Waals surface area contributed by atoms with E-state index in [-0.39, 0.29) is 12.2 Å². The number of hydrogen-bond donors (Lipinski definition) is 1. The third-order valence-corrected chi connectivity index (χ3v) is 3.01. The second-order valence-corrected chi connectivity index (χ2v) is 7.64. The van der Waals surface area contributed by atoms with Crippen LogP contribution in [-0.2, 0) is 24.1 Å². The third-order valence-electron chi connectivity index (χ3n) is 2.03. The van der Waals surface area contributed by atoms with Crippen molar-refractivity contribution in [2.24, 2.45) is 0 Å². The van der Waals surface area contributed by atoms with Crippen LogP contribution in [0.1, 0.15) is 27.2 Å². The van der Waals surface area contributed by atoms with Gasteiger partial charge in [0.2, 0.25) is 0 Å². The molecule has 0 saturated heterocycles. The van der Waals surface area contributed by atoms with Crippen molar-refractivity contribution in [3.8, 4) is 6.07 Å². The second-order valence-electron chi connectivity index (χ2n) is 5.38. The van der Waals surface area contributed by atoms with Gasteiger partial charge in [-0.1, -0.05) is 0 Å². The van der Waals surface area contributed by atoms with Crippen LogP contribution in [0.5, 0.6) is 0 Å². The molecule has 0 unspecified atom stereocenters. The summed E-state index contributed by atoms with van der Waals surface area (Å²) in [6.45, 7) is 4.45. The number of carbonyl (C=O) groups is 2. The Hall–Kier alpha value is -1.82. The number of rotatable bonds is 6. The van der Waals surface area contributed by atoms with E-state index in [0.717, 1.165) is 6.26 Å². The van der Waals surface area contributed by atoms with E-state index in [2.05, 4.69) is 10.1 Å². The Morgan fingerprint density at radius 3 is 2.33 bits per heavy atom. The molecule has 0 aliphatic carbocycles. The first-order valence-electron chi connectivity index (χ1n) is 6.15. The first kappa shape index (κ1) is 19.2. The topological polar surface area (TPSA) is 123 Å². The van der Waals surface area contributed by atoms with Gasteiger partial charge in [0, 0.05) is 6.26 Å². The number of amides is 1. The molecule has 0 fully saturated rings. The van der Waals surface area contributed by atoms with Crippen LogP contribution in [0.25, 0.3) is 0 Å². The van der Waals surface area contributed by atoms with Gasteiger partial charge in [-0.25, -0.2) is 18.0 Å². The van der Waals surface area contributed by atoms with Crippen LogP contribution in [0.4, 0.5) is 4.79 Å². The molecule has 0 aliphatic rings. The summed E-state index contributed by atoms with van der Waals surface area (Å²) in [5.41, 5.74) is -0.762. The Labute approximate surface area is 124 Å². The summed E-state index contributed by atoms with van der Waals surface area (Å²) in [6, 6.07) is 0.420. The molecule has 0 saturated carbocycles. The Morgan fingerprint density at radius 2 is 1.90 bits per heavy atom. The zero-order chi connectivity index (χ0) is 16.7. The van der Waals surface area contributed by atoms with Gasteiger partial charge in [-0.15, -0.1) is 0 Å². The summed E-state index contributed by atoms with van der Waals surface area (Å²) in [5.74, 6) is -1.19. The Bertz CT molecular complexity index is 515. The van der Waals surface area contributed by atoms with Crippen molar-refractivity contribution >= 4 is 21.9 Å². The van der Waals surface area contributed by atoms with E-state index in [9.17, 15) is 18.0 Å². The molecule has 0 bridgehead atoms. The van der Waals surface area contributed by atoms with E-state index in [0.29, 0.717) is 0 Å². The molecule has 9 heteroatoms. The summed E-state index contributed by atoms with van der Waals surface area (Å²) < 4.78 is 31.8. The average Bonchev–Trinajstić information content (AvgIpc) is 2.27. The van der Waals surface area contributed by atoms with Crippen molar-refractivity contribution < 1.29 is 27.5 Å². The molecule has 120 valence electrons. The number of hydrogen-bond acceptors (Lipinski definition) is 7. The fraction of sp³-hybridized carbons (Fsp3) is 0.750. The molecular formula is C12H20N2O6S. The number of ether oxygens (including phenoxy) is 2. The summed E-state index contributed by atoms with van der Waals surface area (Å²) in [6.07, 6.45) is -0.0181. The molecule has 0 rings (SSSR count). The molecule has 21 heavy (non-hydrogen) atoms. The number of sulfone groups is 1. The van der Waals surface area contributed by atoms with Gasteiger partial charge >= 0.3 is 12.1 Å². The summed E-state index contributed by atoms with van der Waals surface area (Å²) in [4.78, 5) is 23.3. The molecule has 0 aromatic heterocycles. The Kier molecular flexibility index (Phi) is 7.15. The molecule has 0 aromatic carbocycles. The quantitative estimate of drug-likeness (QED) is 0.702. The number of esters is 1. The molecule has 1 N–H and O–H groups in total. The number of carbonyl (C=O) groups excluding carboxylic acids is 2. The predicted molar refractivity (Wildman–Crippen MR) is 74.1 cm³/mol. The smallest absolute Gasteiger partial charge is 0.408 e. The summed E-state index contributed by atoms with van der Waals surface area (Å²) in [5, 5.41) is 10.6. The van der Waals surface area contributed by atoms with Crippen LogP contribution < -0.4 is 5.32 Å². The van der Waals surface area contributed by atoms with Crippen LogP contribution in [0.3, 0.4) is 0 Å². The van der Waals surface area contributed by atoms with Crippen molar-refractivity contribution in [3.05, 3.63) is 0 Å². The van der Waals surface area contributed by atoms with E-state index in [4.69, 9.17) is 10.00 Å². The minimum Gasteiger partial charge on any atom is -0.449 e. The fourth-order valence-electron chi connectivity index (χ4n) is 1.23. The lowest BCUT2D eigenvalue weighted by Gasteiger charge is -2.22. The van der Waals surface area contributed by atoms with Crippen LogP contribution in [0, 0.1) is 11.3 Å². The zero-order valence-corrected chi connectivity index (χ0v) is 13.3. The van der Waals surface area contributed by atoms with Crippen LogP contribution in [0.2, 0.25) is 0 Å². The largest absolute Gasteiger partial charge is 0.449 e. The number of alkyl carbamates (subject to hydrolysis) is 1. The van der Waals surface area contributed by atoms with E-state index in [1.807, 2.05) is 0 Å². The van der Waals surface area contributed by atoms with E-state index in [1.54, 1.807) is 26.8 Å². The highest BCUT2D eigenvalue weighted by molar-refractivity contribution is 7.90. The molecule has 0 heterocycles. The standard InChI is InChI=1S/C12H20N2O6S/c1-12(2,3)20-11(16)14-9(5-8-21(4,17)18)10(15)19-7-6-13/h9H,5,7-8H2,1-4H3,(H,14,16)/t9-/m0/s1. The molecular weight excluding hydrogens is 300 g/mol. The maximum absolute atomic E-state index is 11.7. The van der Waals surface area contributed by atoms with Gasteiger partial charge < -0.3 is 14.8 Å².